The summed E-state index contributed by atoms with van der Waals surface area (Å²) in [5.74, 6) is -2.99. The minimum Gasteiger partial charge on any atom is -0.481 e. The van der Waals surface area contributed by atoms with Gasteiger partial charge in [0, 0.05) is 13.1 Å². The van der Waals surface area contributed by atoms with Gasteiger partial charge in [-0.3, -0.25) is 9.59 Å². The molecule has 1 fully saturated rings. The number of aliphatic carboxylic acids is 2. The minimum atomic E-state index is -1.74. The van der Waals surface area contributed by atoms with E-state index < -0.39 is 40.3 Å². The summed E-state index contributed by atoms with van der Waals surface area (Å²) in [5.41, 5.74) is 0. The van der Waals surface area contributed by atoms with Crippen LogP contribution in [0.4, 0.5) is 4.79 Å². The van der Waals surface area contributed by atoms with E-state index in [9.17, 15) is 14.4 Å². The third-order valence-electron chi connectivity index (χ3n) is 3.07. The second-order valence-corrected chi connectivity index (χ2v) is 7.31. The van der Waals surface area contributed by atoms with Crippen LogP contribution in [0, 0.1) is 11.8 Å². The lowest BCUT2D eigenvalue weighted by molar-refractivity contribution is -0.141. The smallest absolute Gasteiger partial charge is 0.409 e. The number of rotatable bonds is 5. The van der Waals surface area contributed by atoms with E-state index >= 15 is 0 Å². The average molecular weight is 363 g/mol. The van der Waals surface area contributed by atoms with Gasteiger partial charge in [-0.1, -0.05) is 34.8 Å². The fourth-order valence-corrected chi connectivity index (χ4v) is 2.40. The largest absolute Gasteiger partial charge is 0.481 e. The Kier molecular flexibility index (Phi) is 6.37. The fraction of sp³-hybridized carbons (Fsp3) is 0.727. The molecule has 1 rings (SSSR count). The molecule has 0 unspecified atom stereocenters. The van der Waals surface area contributed by atoms with Crippen molar-refractivity contribution in [3.8, 4) is 0 Å². The number of carboxylic acid groups (broad SMARTS) is 2. The molecule has 120 valence electrons. The quantitative estimate of drug-likeness (QED) is 0.725. The number of nitrogens with zero attached hydrogens (tertiary/aromatic N) is 1. The number of carbonyl (C=O) groups excluding carboxylic acids is 1. The Labute approximate surface area is 135 Å². The first-order chi connectivity index (χ1) is 9.58. The van der Waals surface area contributed by atoms with Gasteiger partial charge in [-0.15, -0.1) is 0 Å². The van der Waals surface area contributed by atoms with Crippen molar-refractivity contribution in [2.24, 2.45) is 11.8 Å². The third kappa shape index (κ3) is 6.58. The number of hydrogen-bond acceptors (Lipinski definition) is 4. The molecule has 0 spiro atoms. The number of halogens is 3. The van der Waals surface area contributed by atoms with Crippen LogP contribution in [-0.2, 0) is 14.3 Å². The molecule has 1 aliphatic rings. The van der Waals surface area contributed by atoms with Gasteiger partial charge in [0.25, 0.3) is 0 Å². The first kappa shape index (κ1) is 18.1. The number of hydrogen-bond donors (Lipinski definition) is 2. The van der Waals surface area contributed by atoms with Gasteiger partial charge in [0.2, 0.25) is 3.79 Å². The maximum atomic E-state index is 11.8. The maximum Gasteiger partial charge on any atom is 0.409 e. The Morgan fingerprint density at radius 2 is 1.48 bits per heavy atom. The maximum absolute atomic E-state index is 11.8. The molecule has 21 heavy (non-hydrogen) atoms. The highest BCUT2D eigenvalue weighted by molar-refractivity contribution is 6.67. The van der Waals surface area contributed by atoms with E-state index in [0.29, 0.717) is 0 Å². The van der Waals surface area contributed by atoms with Crippen molar-refractivity contribution in [1.82, 2.24) is 4.90 Å². The minimum absolute atomic E-state index is 0.100. The molecule has 2 atom stereocenters. The molecule has 10 heteroatoms. The van der Waals surface area contributed by atoms with E-state index in [2.05, 4.69) is 0 Å². The van der Waals surface area contributed by atoms with Crippen molar-refractivity contribution >= 4 is 52.8 Å². The van der Waals surface area contributed by atoms with Crippen LogP contribution in [0.3, 0.4) is 0 Å². The van der Waals surface area contributed by atoms with Gasteiger partial charge in [0.1, 0.15) is 6.61 Å². The highest BCUT2D eigenvalue weighted by Crippen LogP contribution is 2.30. The van der Waals surface area contributed by atoms with Gasteiger partial charge >= 0.3 is 18.0 Å². The molecule has 0 aromatic carbocycles. The highest BCUT2D eigenvalue weighted by atomic mass is 35.6. The second kappa shape index (κ2) is 7.38. The van der Waals surface area contributed by atoms with Crippen LogP contribution >= 0.6 is 34.8 Å². The number of carbonyl (C=O) groups is 3. The standard InChI is InChI=1S/C11H14Cl3NO6/c12-11(13,14)5-21-10(20)15-3-6(1-8(16)17)7(4-15)2-9(18)19/h6-7H,1-5H2,(H,16,17)(H,18,19)/t6-,7+. The average Bonchev–Trinajstić information content (AvgIpc) is 2.66. The van der Waals surface area contributed by atoms with Crippen LogP contribution in [-0.4, -0.2) is 56.6 Å². The van der Waals surface area contributed by atoms with Gasteiger partial charge in [0.15, 0.2) is 0 Å². The predicted octanol–water partition coefficient (Wildman–Crippen LogP) is 1.99. The zero-order valence-electron chi connectivity index (χ0n) is 10.8. The summed E-state index contributed by atoms with van der Waals surface area (Å²) < 4.78 is 3.05. The number of amides is 1. The van der Waals surface area contributed by atoms with Crippen LogP contribution in [0.15, 0.2) is 0 Å². The summed E-state index contributed by atoms with van der Waals surface area (Å²) in [5, 5.41) is 17.7. The summed E-state index contributed by atoms with van der Waals surface area (Å²) in [6.07, 6.45) is -1.19. The Bertz CT molecular complexity index is 401. The van der Waals surface area contributed by atoms with Gasteiger partial charge < -0.3 is 19.8 Å². The van der Waals surface area contributed by atoms with Crippen molar-refractivity contribution in [1.29, 1.82) is 0 Å². The molecule has 0 aromatic rings. The number of likely N-dealkylation sites (tertiary alicyclic amines) is 1. The summed E-state index contributed by atoms with van der Waals surface area (Å²) in [6, 6.07) is 0. The summed E-state index contributed by atoms with van der Waals surface area (Å²) in [4.78, 5) is 34.6. The van der Waals surface area contributed by atoms with E-state index in [1.165, 1.54) is 4.90 Å². The lowest BCUT2D eigenvalue weighted by Crippen LogP contribution is -2.32. The Balaban J connectivity index is 2.63. The monoisotopic (exact) mass is 361 g/mol. The van der Waals surface area contributed by atoms with E-state index in [-0.39, 0.29) is 25.9 Å². The Morgan fingerprint density at radius 3 is 1.81 bits per heavy atom. The van der Waals surface area contributed by atoms with Crippen LogP contribution in [0.1, 0.15) is 12.8 Å². The van der Waals surface area contributed by atoms with E-state index in [4.69, 9.17) is 49.8 Å². The molecule has 0 radical (unpaired) electrons. The molecule has 0 aromatic heterocycles. The molecule has 2 N–H and O–H groups in total. The lowest BCUT2D eigenvalue weighted by Gasteiger charge is -2.18. The van der Waals surface area contributed by atoms with Crippen LogP contribution in [0.5, 0.6) is 0 Å². The Hall–Kier alpha value is -0.920. The topological polar surface area (TPSA) is 104 Å². The summed E-state index contributed by atoms with van der Waals surface area (Å²) >= 11 is 16.4. The van der Waals surface area contributed by atoms with E-state index in [1.807, 2.05) is 0 Å². The predicted molar refractivity (Wildman–Crippen MR) is 74.7 cm³/mol. The van der Waals surface area contributed by atoms with Crippen molar-refractivity contribution < 1.29 is 29.3 Å². The first-order valence-electron chi connectivity index (χ1n) is 6.00. The molecule has 1 heterocycles. The molecule has 1 amide bonds. The molecule has 1 saturated heterocycles. The zero-order chi connectivity index (χ0) is 16.2. The molecule has 0 bridgehead atoms. The molecule has 0 saturated carbocycles. The summed E-state index contributed by atoms with van der Waals surface area (Å²) in [7, 11) is 0. The lowest BCUT2D eigenvalue weighted by atomic mass is 9.90. The van der Waals surface area contributed by atoms with Crippen LogP contribution in [0.2, 0.25) is 0 Å². The third-order valence-corrected chi connectivity index (χ3v) is 3.39. The van der Waals surface area contributed by atoms with Gasteiger partial charge in [0.05, 0.1) is 12.8 Å². The molecular formula is C11H14Cl3NO6. The van der Waals surface area contributed by atoms with Crippen LogP contribution < -0.4 is 0 Å². The molecular weight excluding hydrogens is 348 g/mol. The van der Waals surface area contributed by atoms with Crippen molar-refractivity contribution in [3.05, 3.63) is 0 Å². The Morgan fingerprint density at radius 1 is 1.05 bits per heavy atom. The fourth-order valence-electron chi connectivity index (χ4n) is 2.23. The number of alkyl halides is 3. The molecule has 1 aliphatic heterocycles. The van der Waals surface area contributed by atoms with Crippen molar-refractivity contribution in [2.75, 3.05) is 19.7 Å². The number of carboxylic acids is 2. The summed E-state index contributed by atoms with van der Waals surface area (Å²) in [6.45, 7) is -0.244. The van der Waals surface area contributed by atoms with Gasteiger partial charge in [-0.2, -0.15) is 0 Å². The van der Waals surface area contributed by atoms with E-state index in [1.54, 1.807) is 0 Å². The molecule has 0 aliphatic carbocycles. The van der Waals surface area contributed by atoms with Crippen molar-refractivity contribution in [2.45, 2.75) is 16.6 Å². The van der Waals surface area contributed by atoms with Crippen molar-refractivity contribution in [3.63, 3.8) is 0 Å². The SMILES string of the molecule is O=C(O)C[C@@H]1CN(C(=O)OCC(Cl)(Cl)Cl)C[C@@H]1CC(=O)O. The zero-order valence-corrected chi connectivity index (χ0v) is 13.1. The normalized spacial score (nSPS) is 22.1. The highest BCUT2D eigenvalue weighted by Gasteiger charge is 2.38. The van der Waals surface area contributed by atoms with Gasteiger partial charge in [-0.25, -0.2) is 4.79 Å². The first-order valence-corrected chi connectivity index (χ1v) is 7.14. The second-order valence-electron chi connectivity index (χ2n) is 4.79. The number of ether oxygens (including phenoxy) is 1. The molecule has 7 nitrogen and oxygen atoms in total. The van der Waals surface area contributed by atoms with Gasteiger partial charge in [-0.05, 0) is 11.8 Å². The van der Waals surface area contributed by atoms with E-state index in [0.717, 1.165) is 0 Å². The van der Waals surface area contributed by atoms with Crippen LogP contribution in [0.25, 0.3) is 0 Å².